The van der Waals surface area contributed by atoms with Gasteiger partial charge in [0.25, 0.3) is 5.91 Å². The zero-order chi connectivity index (χ0) is 57.2. The number of nitrogens with one attached hydrogen (secondary N) is 3. The molecule has 444 valence electrons. The molecule has 1 aliphatic rings. The first-order valence-corrected chi connectivity index (χ1v) is 29.6. The van der Waals surface area contributed by atoms with Crippen molar-refractivity contribution in [1.82, 2.24) is 16.0 Å². The molecule has 6 atom stereocenters. The normalized spacial score (nSPS) is 17.5. The van der Waals surface area contributed by atoms with E-state index in [9.17, 15) is 58.8 Å². The monoisotopic (exact) mass is 1100 g/mol. The Kier molecular flexibility index (Phi) is 38.6. The number of carboxylic acids is 3. The standard InChI is InChI=1S/C59H97N3O16/c1-3-5-7-9-11-13-15-17-19-22-29-35-48(63)61-46(38-39-50(65)66)58(74)75-43-47-55(72)56(78-53(71)37-31-24-21-25-32-40-60-57(73)44-33-27-26-28-34-44)54(59(77-47)76-45(41-51(67)68)42-52(69)70)62-49(64)36-30-23-20-18-16-14-12-10-8-6-4-2/h26-28,33-34,45-47,54-56,59,72H,3-25,29-32,35-43H2,1-2H3,(H,60,73)(H,61,63)(H,62,64)(H,65,66)(H,67,68)(H,69,70)/t46-,47-,54-,55-,56-,59+/m1/s1. The molecule has 0 saturated carbocycles. The molecule has 0 bridgehead atoms. The van der Waals surface area contributed by atoms with Crippen molar-refractivity contribution in [2.75, 3.05) is 13.2 Å². The SMILES string of the molecule is CCCCCCCCCCCCCC(=O)N[C@H]1[C@@H](OC(CC(=O)O)CC(=O)O)O[C@H](COC(=O)[C@@H](CCC(=O)O)NC(=O)CCCCCCCCCCCCC)[C@@H](O)[C@@H]1OC(=O)CCCCCCCNC(=O)c1ccccc1. The van der Waals surface area contributed by atoms with Gasteiger partial charge in [-0.2, -0.15) is 0 Å². The van der Waals surface area contributed by atoms with Gasteiger partial charge in [-0.25, -0.2) is 4.79 Å². The number of carboxylic acid groups (broad SMARTS) is 3. The number of ether oxygens (including phenoxy) is 4. The molecule has 78 heavy (non-hydrogen) atoms. The van der Waals surface area contributed by atoms with Crippen LogP contribution in [-0.2, 0) is 52.5 Å². The van der Waals surface area contributed by atoms with Crippen LogP contribution in [0.15, 0.2) is 30.3 Å². The topological polar surface area (TPSA) is 290 Å². The van der Waals surface area contributed by atoms with Gasteiger partial charge in [-0.3, -0.25) is 33.6 Å². The second-order valence-electron chi connectivity index (χ2n) is 20.9. The lowest BCUT2D eigenvalue weighted by Gasteiger charge is -2.44. The number of hydrogen-bond donors (Lipinski definition) is 7. The van der Waals surface area contributed by atoms with Crippen LogP contribution in [0.25, 0.3) is 0 Å². The average molecular weight is 1100 g/mol. The number of carbonyl (C=O) groups is 8. The molecule has 3 amide bonds. The molecule has 0 radical (unpaired) electrons. The van der Waals surface area contributed by atoms with Crippen LogP contribution in [0.3, 0.4) is 0 Å². The Labute approximate surface area is 463 Å². The largest absolute Gasteiger partial charge is 0.481 e. The molecule has 1 aliphatic heterocycles. The van der Waals surface area contributed by atoms with E-state index in [0.29, 0.717) is 44.2 Å². The Balaban J connectivity index is 2.22. The number of amides is 3. The van der Waals surface area contributed by atoms with Crippen molar-refractivity contribution in [3.8, 4) is 0 Å². The van der Waals surface area contributed by atoms with Crippen molar-refractivity contribution in [3.63, 3.8) is 0 Å². The summed E-state index contributed by atoms with van der Waals surface area (Å²) in [5.74, 6) is -7.01. The summed E-state index contributed by atoms with van der Waals surface area (Å²) in [7, 11) is 0. The first-order chi connectivity index (χ1) is 37.6. The van der Waals surface area contributed by atoms with E-state index in [4.69, 9.17) is 18.9 Å². The van der Waals surface area contributed by atoms with Gasteiger partial charge in [0.15, 0.2) is 12.4 Å². The highest BCUT2D eigenvalue weighted by Gasteiger charge is 2.50. The number of benzene rings is 1. The van der Waals surface area contributed by atoms with Crippen LogP contribution in [0.1, 0.15) is 243 Å². The molecule has 0 aromatic heterocycles. The number of carbonyl (C=O) groups excluding carboxylic acids is 5. The fourth-order valence-corrected chi connectivity index (χ4v) is 9.45. The summed E-state index contributed by atoms with van der Waals surface area (Å²) < 4.78 is 23.5. The molecule has 7 N–H and O–H groups in total. The summed E-state index contributed by atoms with van der Waals surface area (Å²) in [4.78, 5) is 102. The molecule has 1 fully saturated rings. The van der Waals surface area contributed by atoms with Gasteiger partial charge >= 0.3 is 29.8 Å². The summed E-state index contributed by atoms with van der Waals surface area (Å²) in [6.07, 6.45) is 15.9. The van der Waals surface area contributed by atoms with Gasteiger partial charge in [-0.15, -0.1) is 0 Å². The fraction of sp³-hybridized carbons (Fsp3) is 0.763. The molecule has 0 aliphatic carbocycles. The van der Waals surface area contributed by atoms with E-state index in [1.807, 2.05) is 6.07 Å². The van der Waals surface area contributed by atoms with Crippen LogP contribution >= 0.6 is 0 Å². The molecule has 19 heteroatoms. The van der Waals surface area contributed by atoms with Gasteiger partial charge in [0.1, 0.15) is 30.9 Å². The molecular weight excluding hydrogens is 1010 g/mol. The quantitative estimate of drug-likeness (QED) is 0.0236. The second-order valence-corrected chi connectivity index (χ2v) is 20.9. The summed E-state index contributed by atoms with van der Waals surface area (Å²) >= 11 is 0. The molecule has 2 rings (SSSR count). The molecular formula is C59H97N3O16. The maximum Gasteiger partial charge on any atom is 0.328 e. The minimum Gasteiger partial charge on any atom is -0.481 e. The van der Waals surface area contributed by atoms with Crippen molar-refractivity contribution in [3.05, 3.63) is 35.9 Å². The van der Waals surface area contributed by atoms with E-state index in [1.165, 1.54) is 70.6 Å². The number of esters is 2. The summed E-state index contributed by atoms with van der Waals surface area (Å²) in [6, 6.07) is 5.97. The first-order valence-electron chi connectivity index (χ1n) is 29.6. The van der Waals surface area contributed by atoms with Gasteiger partial charge in [-0.1, -0.05) is 180 Å². The minimum absolute atomic E-state index is 0.0321. The van der Waals surface area contributed by atoms with Crippen LogP contribution < -0.4 is 16.0 Å². The van der Waals surface area contributed by atoms with E-state index in [1.54, 1.807) is 24.3 Å². The van der Waals surface area contributed by atoms with Gasteiger partial charge in [0.05, 0.1) is 18.9 Å². The first kappa shape index (κ1) is 69.0. The van der Waals surface area contributed by atoms with Gasteiger partial charge in [-0.05, 0) is 44.2 Å². The third-order valence-corrected chi connectivity index (χ3v) is 14.0. The Morgan fingerprint density at radius 2 is 1.05 bits per heavy atom. The molecule has 1 saturated heterocycles. The highest BCUT2D eigenvalue weighted by molar-refractivity contribution is 5.94. The van der Waals surface area contributed by atoms with Gasteiger partial charge in [0, 0.05) is 37.8 Å². The second kappa shape index (κ2) is 43.7. The lowest BCUT2D eigenvalue weighted by atomic mass is 9.95. The third kappa shape index (κ3) is 33.3. The van der Waals surface area contributed by atoms with Gasteiger partial charge < -0.3 is 55.3 Å². The molecule has 0 spiro atoms. The van der Waals surface area contributed by atoms with Crippen LogP contribution in [0.4, 0.5) is 0 Å². The third-order valence-electron chi connectivity index (χ3n) is 14.0. The average Bonchev–Trinajstić information content (AvgIpc) is 3.41. The Morgan fingerprint density at radius 1 is 0.577 bits per heavy atom. The predicted molar refractivity (Wildman–Crippen MR) is 294 cm³/mol. The number of hydrogen-bond acceptors (Lipinski definition) is 13. The van der Waals surface area contributed by atoms with Crippen molar-refractivity contribution < 1.29 is 77.7 Å². The van der Waals surface area contributed by atoms with Crippen molar-refractivity contribution in [1.29, 1.82) is 0 Å². The van der Waals surface area contributed by atoms with E-state index < -0.39 is 110 Å². The lowest BCUT2D eigenvalue weighted by molar-refractivity contribution is -0.286. The number of aliphatic hydroxyl groups excluding tert-OH is 1. The fourth-order valence-electron chi connectivity index (χ4n) is 9.45. The van der Waals surface area contributed by atoms with Crippen LogP contribution in [-0.4, -0.2) is 124 Å². The van der Waals surface area contributed by atoms with E-state index in [2.05, 4.69) is 29.8 Å². The summed E-state index contributed by atoms with van der Waals surface area (Å²) in [6.45, 7) is 4.08. The van der Waals surface area contributed by atoms with Gasteiger partial charge in [0.2, 0.25) is 11.8 Å². The highest BCUT2D eigenvalue weighted by Crippen LogP contribution is 2.29. The minimum atomic E-state index is -1.81. The number of unbranched alkanes of at least 4 members (excludes halogenated alkanes) is 24. The van der Waals surface area contributed by atoms with Crippen LogP contribution in [0.5, 0.6) is 0 Å². The summed E-state index contributed by atoms with van der Waals surface area (Å²) in [5, 5.41) is 49.0. The Bertz CT molecular complexity index is 1840. The highest BCUT2D eigenvalue weighted by atomic mass is 16.7. The predicted octanol–water partition coefficient (Wildman–Crippen LogP) is 9.87. The molecule has 0 unspecified atom stereocenters. The number of aliphatic carboxylic acids is 3. The Hall–Kier alpha value is -5.14. The maximum absolute atomic E-state index is 13.7. The van der Waals surface area contributed by atoms with E-state index in [-0.39, 0.29) is 31.6 Å². The smallest absolute Gasteiger partial charge is 0.328 e. The summed E-state index contributed by atoms with van der Waals surface area (Å²) in [5.41, 5.74) is 0.564. The lowest BCUT2D eigenvalue weighted by Crippen LogP contribution is -2.66. The zero-order valence-electron chi connectivity index (χ0n) is 47.1. The maximum atomic E-state index is 13.7. The van der Waals surface area contributed by atoms with E-state index in [0.717, 1.165) is 70.6 Å². The van der Waals surface area contributed by atoms with Crippen LogP contribution in [0, 0.1) is 0 Å². The Morgan fingerprint density at radius 3 is 1.55 bits per heavy atom. The van der Waals surface area contributed by atoms with Crippen LogP contribution in [0.2, 0.25) is 0 Å². The van der Waals surface area contributed by atoms with Crippen molar-refractivity contribution >= 4 is 47.6 Å². The van der Waals surface area contributed by atoms with E-state index >= 15 is 0 Å². The molecule has 1 aromatic rings. The molecule has 19 nitrogen and oxygen atoms in total. The van der Waals surface area contributed by atoms with Crippen molar-refractivity contribution in [2.45, 2.75) is 275 Å². The number of rotatable bonds is 48. The zero-order valence-corrected chi connectivity index (χ0v) is 47.1. The molecule has 1 heterocycles. The van der Waals surface area contributed by atoms with Crippen molar-refractivity contribution in [2.24, 2.45) is 0 Å². The molecule has 1 aromatic carbocycles. The number of aliphatic hydroxyl groups is 1.